The van der Waals surface area contributed by atoms with Gasteiger partial charge in [0.25, 0.3) is 0 Å². The SMILES string of the molecule is CC1(C)OB(c2cccc(COC(=O)N[C]3[CH][CH][C](CNC(=O)CCCCCCCCCCS)[CH]3)c2)OC1(C)C. The summed E-state index contributed by atoms with van der Waals surface area (Å²) in [6, 6.07) is 8.32. The number of nitrogens with one attached hydrogen (secondary N) is 2. The molecular formula is C31H46BN2O5S. The number of thiol groups is 1. The maximum absolute atomic E-state index is 12.4. The summed E-state index contributed by atoms with van der Waals surface area (Å²) in [6.45, 7) is 8.63. The van der Waals surface area contributed by atoms with Crippen LogP contribution in [0, 0.1) is 31.2 Å². The van der Waals surface area contributed by atoms with E-state index in [0.29, 0.717) is 19.0 Å². The summed E-state index contributed by atoms with van der Waals surface area (Å²) in [7, 11) is -0.468. The number of rotatable bonds is 16. The van der Waals surface area contributed by atoms with Gasteiger partial charge >= 0.3 is 13.2 Å². The van der Waals surface area contributed by atoms with Crippen LogP contribution in [-0.4, -0.2) is 42.6 Å². The van der Waals surface area contributed by atoms with Crippen LogP contribution in [0.5, 0.6) is 0 Å². The fraction of sp³-hybridized carbons (Fsp3) is 0.581. The molecule has 1 heterocycles. The summed E-state index contributed by atoms with van der Waals surface area (Å²) in [6.07, 6.45) is 15.0. The second-order valence-corrected chi connectivity index (χ2v) is 12.1. The van der Waals surface area contributed by atoms with E-state index in [4.69, 9.17) is 14.0 Å². The Labute approximate surface area is 247 Å². The predicted octanol–water partition coefficient (Wildman–Crippen LogP) is 5.50. The van der Waals surface area contributed by atoms with E-state index < -0.39 is 24.4 Å². The van der Waals surface area contributed by atoms with E-state index in [1.165, 1.54) is 38.5 Å². The summed E-state index contributed by atoms with van der Waals surface area (Å²) in [5.41, 5.74) is 0.892. The highest BCUT2D eigenvalue weighted by Gasteiger charge is 2.51. The second kappa shape index (κ2) is 16.1. The van der Waals surface area contributed by atoms with E-state index in [1.54, 1.807) is 6.42 Å². The van der Waals surface area contributed by atoms with E-state index in [0.717, 1.165) is 35.5 Å². The van der Waals surface area contributed by atoms with Crippen molar-refractivity contribution in [2.45, 2.75) is 103 Å². The molecule has 219 valence electrons. The number of hydrogen-bond donors (Lipinski definition) is 3. The zero-order valence-electron chi connectivity index (χ0n) is 24.6. The van der Waals surface area contributed by atoms with Crippen LogP contribution in [0.4, 0.5) is 4.79 Å². The molecule has 1 saturated heterocycles. The van der Waals surface area contributed by atoms with Crippen LogP contribution in [-0.2, 0) is 25.4 Å². The number of benzene rings is 1. The van der Waals surface area contributed by atoms with Crippen molar-refractivity contribution in [2.75, 3.05) is 12.3 Å². The molecule has 1 aliphatic heterocycles. The summed E-state index contributed by atoms with van der Waals surface area (Å²) in [4.78, 5) is 24.6. The molecule has 1 aromatic carbocycles. The van der Waals surface area contributed by atoms with Gasteiger partial charge in [-0.15, -0.1) is 0 Å². The van der Waals surface area contributed by atoms with Crippen LogP contribution in [0.1, 0.15) is 91.0 Å². The van der Waals surface area contributed by atoms with Crippen LogP contribution >= 0.6 is 12.6 Å². The topological polar surface area (TPSA) is 85.9 Å². The Hall–Kier alpha value is -1.71. The molecule has 2 amide bonds. The van der Waals surface area contributed by atoms with Gasteiger partial charge in [-0.2, -0.15) is 12.6 Å². The lowest BCUT2D eigenvalue weighted by Crippen LogP contribution is -2.41. The lowest BCUT2D eigenvalue weighted by Gasteiger charge is -2.32. The molecule has 9 heteroatoms. The van der Waals surface area contributed by atoms with Crippen molar-refractivity contribution >= 4 is 37.2 Å². The standard InChI is InChI=1S/C31H46BN2O5S/c1-30(2)31(3,4)39-32(38-30)26-15-13-14-25(20-26)23-37-29(36)34-27-18-17-24(21-27)22-33-28(35)16-11-9-7-5-6-8-10-12-19-40/h13-15,17-18,20-21,40H,5-12,16,19,22-23H2,1-4H3,(H,33,35)(H,34,36). The molecule has 0 spiro atoms. The Kier molecular flexibility index (Phi) is 13.2. The number of carbonyl (C=O) groups is 2. The average Bonchev–Trinajstić information content (AvgIpc) is 3.45. The number of unbranched alkanes of at least 4 members (excludes halogenated alkanes) is 7. The fourth-order valence-corrected chi connectivity index (χ4v) is 4.76. The molecule has 1 aliphatic carbocycles. The van der Waals surface area contributed by atoms with Gasteiger partial charge < -0.3 is 24.7 Å². The minimum Gasteiger partial charge on any atom is -0.445 e. The third-order valence-corrected chi connectivity index (χ3v) is 8.03. The summed E-state index contributed by atoms with van der Waals surface area (Å²) in [5.74, 6) is 1.97. The van der Waals surface area contributed by atoms with Crippen molar-refractivity contribution < 1.29 is 23.6 Å². The van der Waals surface area contributed by atoms with Crippen LogP contribution in [0.3, 0.4) is 0 Å². The Bertz CT molecular complexity index is 928. The van der Waals surface area contributed by atoms with Gasteiger partial charge in [-0.25, -0.2) is 4.79 Å². The lowest BCUT2D eigenvalue weighted by atomic mass is 9.78. The Morgan fingerprint density at radius 3 is 2.25 bits per heavy atom. The van der Waals surface area contributed by atoms with E-state index >= 15 is 0 Å². The number of carbonyl (C=O) groups excluding carboxylic acids is 2. The van der Waals surface area contributed by atoms with Crippen LogP contribution < -0.4 is 16.1 Å². The van der Waals surface area contributed by atoms with E-state index in [2.05, 4.69) is 23.3 Å². The van der Waals surface area contributed by atoms with E-state index in [1.807, 2.05) is 64.8 Å². The van der Waals surface area contributed by atoms with Crippen LogP contribution in [0.2, 0.25) is 0 Å². The number of amides is 2. The van der Waals surface area contributed by atoms with Gasteiger partial charge in [-0.3, -0.25) is 4.79 Å². The largest absolute Gasteiger partial charge is 0.494 e. The number of hydrogen-bond acceptors (Lipinski definition) is 6. The molecule has 0 unspecified atom stereocenters. The molecule has 0 aromatic heterocycles. The zero-order chi connectivity index (χ0) is 29.0. The number of ether oxygens (including phenoxy) is 1. The average molecular weight is 570 g/mol. The molecule has 40 heavy (non-hydrogen) atoms. The zero-order valence-corrected chi connectivity index (χ0v) is 25.5. The maximum atomic E-state index is 12.4. The minimum absolute atomic E-state index is 0.0617. The molecule has 2 N–H and O–H groups in total. The fourth-order valence-electron chi connectivity index (χ4n) is 4.54. The van der Waals surface area contributed by atoms with Crippen molar-refractivity contribution in [3.63, 3.8) is 0 Å². The third kappa shape index (κ3) is 10.6. The molecule has 2 fully saturated rings. The van der Waals surface area contributed by atoms with Crippen LogP contribution in [0.15, 0.2) is 24.3 Å². The first kappa shape index (κ1) is 32.8. The first-order valence-corrected chi connectivity index (χ1v) is 15.2. The number of alkyl carbamates (subject to hydrolysis) is 1. The van der Waals surface area contributed by atoms with Gasteiger partial charge in [0.2, 0.25) is 5.91 Å². The highest BCUT2D eigenvalue weighted by atomic mass is 32.1. The summed E-state index contributed by atoms with van der Waals surface area (Å²) in [5, 5.41) is 5.72. The molecule has 0 bridgehead atoms. The predicted molar refractivity (Wildman–Crippen MR) is 163 cm³/mol. The molecule has 1 aromatic rings. The van der Waals surface area contributed by atoms with Crippen molar-refractivity contribution in [1.82, 2.24) is 10.6 Å². The Morgan fingerprint density at radius 1 is 0.925 bits per heavy atom. The molecular weight excluding hydrogens is 523 g/mol. The van der Waals surface area contributed by atoms with Crippen molar-refractivity contribution in [2.24, 2.45) is 0 Å². The first-order valence-electron chi connectivity index (χ1n) is 14.6. The van der Waals surface area contributed by atoms with Gasteiger partial charge in [-0.05, 0) is 76.6 Å². The van der Waals surface area contributed by atoms with Gasteiger partial charge in [0.05, 0.1) is 17.2 Å². The minimum atomic E-state index is -0.538. The lowest BCUT2D eigenvalue weighted by molar-refractivity contribution is -0.121. The quantitative estimate of drug-likeness (QED) is 0.139. The molecule has 5 radical (unpaired) electrons. The molecule has 1 saturated carbocycles. The van der Waals surface area contributed by atoms with E-state index in [-0.39, 0.29) is 12.5 Å². The Morgan fingerprint density at radius 2 is 1.57 bits per heavy atom. The van der Waals surface area contributed by atoms with Crippen molar-refractivity contribution in [1.29, 1.82) is 0 Å². The monoisotopic (exact) mass is 569 g/mol. The van der Waals surface area contributed by atoms with Gasteiger partial charge in [0.15, 0.2) is 0 Å². The normalized spacial score (nSPS) is 18.7. The summed E-state index contributed by atoms with van der Waals surface area (Å²) >= 11 is 4.24. The van der Waals surface area contributed by atoms with Crippen molar-refractivity contribution in [3.05, 3.63) is 61.1 Å². The van der Waals surface area contributed by atoms with Gasteiger partial charge in [-0.1, -0.05) is 62.8 Å². The van der Waals surface area contributed by atoms with Crippen molar-refractivity contribution in [3.8, 4) is 0 Å². The second-order valence-electron chi connectivity index (χ2n) is 11.6. The highest BCUT2D eigenvalue weighted by Crippen LogP contribution is 2.36. The molecule has 2 aliphatic rings. The molecule has 0 atom stereocenters. The van der Waals surface area contributed by atoms with Gasteiger partial charge in [0.1, 0.15) is 6.61 Å². The third-order valence-electron chi connectivity index (χ3n) is 7.71. The first-order chi connectivity index (χ1) is 19.1. The molecule has 7 nitrogen and oxygen atoms in total. The maximum Gasteiger partial charge on any atom is 0.494 e. The molecule has 3 rings (SSSR count). The van der Waals surface area contributed by atoms with Gasteiger partial charge in [0, 0.05) is 18.9 Å². The van der Waals surface area contributed by atoms with Crippen LogP contribution in [0.25, 0.3) is 0 Å². The highest BCUT2D eigenvalue weighted by molar-refractivity contribution is 7.80. The summed E-state index contributed by atoms with van der Waals surface area (Å²) < 4.78 is 17.7. The smallest absolute Gasteiger partial charge is 0.445 e. The van der Waals surface area contributed by atoms with E-state index in [9.17, 15) is 9.59 Å². The Balaban J connectivity index is 1.26.